The molecule has 0 saturated carbocycles. The molecule has 0 atom stereocenters. The van der Waals surface area contributed by atoms with Crippen molar-refractivity contribution in [1.82, 2.24) is 4.90 Å². The van der Waals surface area contributed by atoms with E-state index in [0.29, 0.717) is 35.7 Å². The molecule has 1 aromatic rings. The SMILES string of the molecule is COc1cc(NC=C2C(=O)OC(C)(C)OC2=O)c(OC)c2c1CCN(C)C2=O. The van der Waals surface area contributed by atoms with Gasteiger partial charge in [-0.3, -0.25) is 4.79 Å². The van der Waals surface area contributed by atoms with Crippen LogP contribution in [0.3, 0.4) is 0 Å². The maximum atomic E-state index is 12.7. The number of ether oxygens (including phenoxy) is 4. The van der Waals surface area contributed by atoms with Gasteiger partial charge in [-0.2, -0.15) is 0 Å². The largest absolute Gasteiger partial charge is 0.496 e. The lowest BCUT2D eigenvalue weighted by Crippen LogP contribution is -2.42. The third kappa shape index (κ3) is 3.35. The summed E-state index contributed by atoms with van der Waals surface area (Å²) in [6.07, 6.45) is 1.78. The minimum Gasteiger partial charge on any atom is -0.496 e. The van der Waals surface area contributed by atoms with Crippen LogP contribution in [0.5, 0.6) is 11.5 Å². The predicted octanol–water partition coefficient (Wildman–Crippen LogP) is 1.46. The van der Waals surface area contributed by atoms with Crippen molar-refractivity contribution in [3.63, 3.8) is 0 Å². The van der Waals surface area contributed by atoms with Crippen molar-refractivity contribution >= 4 is 23.5 Å². The molecule has 1 fully saturated rings. The highest BCUT2D eigenvalue weighted by molar-refractivity contribution is 6.15. The molecule has 2 aliphatic rings. The number of fused-ring (bicyclic) bond motifs is 1. The Morgan fingerprint density at radius 1 is 1.14 bits per heavy atom. The quantitative estimate of drug-likeness (QED) is 0.468. The molecule has 28 heavy (non-hydrogen) atoms. The lowest BCUT2D eigenvalue weighted by atomic mass is 9.96. The molecule has 3 rings (SSSR count). The van der Waals surface area contributed by atoms with Crippen molar-refractivity contribution in [2.75, 3.05) is 33.1 Å². The number of carbonyl (C=O) groups excluding carboxylic acids is 3. The number of benzene rings is 1. The van der Waals surface area contributed by atoms with Crippen LogP contribution < -0.4 is 14.8 Å². The first kappa shape index (κ1) is 19.5. The molecule has 0 aromatic heterocycles. The van der Waals surface area contributed by atoms with Gasteiger partial charge in [-0.15, -0.1) is 0 Å². The molecule has 0 radical (unpaired) electrons. The second-order valence-corrected chi connectivity index (χ2v) is 6.87. The molecule has 9 heteroatoms. The normalized spacial score (nSPS) is 18.1. The number of nitrogens with zero attached hydrogens (tertiary/aromatic N) is 1. The van der Waals surface area contributed by atoms with Gasteiger partial charge in [0.15, 0.2) is 11.3 Å². The second kappa shape index (κ2) is 7.06. The minimum atomic E-state index is -1.32. The smallest absolute Gasteiger partial charge is 0.350 e. The van der Waals surface area contributed by atoms with E-state index < -0.39 is 17.7 Å². The van der Waals surface area contributed by atoms with Crippen LogP contribution in [-0.4, -0.2) is 56.3 Å². The molecule has 0 unspecified atom stereocenters. The van der Waals surface area contributed by atoms with E-state index in [9.17, 15) is 14.4 Å². The monoisotopic (exact) mass is 390 g/mol. The lowest BCUT2D eigenvalue weighted by molar-refractivity contribution is -0.222. The maximum absolute atomic E-state index is 12.7. The van der Waals surface area contributed by atoms with Gasteiger partial charge >= 0.3 is 11.9 Å². The fraction of sp³-hybridized carbons (Fsp3) is 0.421. The van der Waals surface area contributed by atoms with Gasteiger partial charge in [-0.25, -0.2) is 9.59 Å². The molecule has 150 valence electrons. The highest BCUT2D eigenvalue weighted by atomic mass is 16.7. The Morgan fingerprint density at radius 3 is 2.36 bits per heavy atom. The Balaban J connectivity index is 2.02. The number of methoxy groups -OCH3 is 2. The lowest BCUT2D eigenvalue weighted by Gasteiger charge is -2.30. The number of amides is 1. The third-order valence-corrected chi connectivity index (χ3v) is 4.52. The molecular formula is C19H22N2O7. The zero-order valence-corrected chi connectivity index (χ0v) is 16.4. The molecule has 2 aliphatic heterocycles. The van der Waals surface area contributed by atoms with Crippen molar-refractivity contribution in [2.45, 2.75) is 26.1 Å². The van der Waals surface area contributed by atoms with E-state index in [1.54, 1.807) is 18.0 Å². The number of carbonyl (C=O) groups is 3. The first-order valence-corrected chi connectivity index (χ1v) is 8.65. The standard InChI is InChI=1S/C19H22N2O7/c1-19(2)27-17(23)11(18(24)28-19)9-20-12-8-13(25-4)10-6-7-21(3)16(22)14(10)15(12)26-5/h8-9,20H,6-7H2,1-5H3. The van der Waals surface area contributed by atoms with Gasteiger partial charge in [-0.05, 0) is 6.42 Å². The van der Waals surface area contributed by atoms with Crippen LogP contribution in [0.25, 0.3) is 0 Å². The van der Waals surface area contributed by atoms with Gasteiger partial charge < -0.3 is 29.2 Å². The van der Waals surface area contributed by atoms with Crippen LogP contribution >= 0.6 is 0 Å². The summed E-state index contributed by atoms with van der Waals surface area (Å²) in [5, 5.41) is 2.84. The fourth-order valence-electron chi connectivity index (χ4n) is 3.15. The molecule has 2 heterocycles. The maximum Gasteiger partial charge on any atom is 0.350 e. The Morgan fingerprint density at radius 2 is 1.79 bits per heavy atom. The number of anilines is 1. The van der Waals surface area contributed by atoms with E-state index in [1.165, 1.54) is 34.3 Å². The molecule has 9 nitrogen and oxygen atoms in total. The van der Waals surface area contributed by atoms with Crippen LogP contribution in [0.1, 0.15) is 29.8 Å². The highest BCUT2D eigenvalue weighted by Crippen LogP contribution is 2.41. The molecule has 0 aliphatic carbocycles. The predicted molar refractivity (Wildman–Crippen MR) is 98.2 cm³/mol. The van der Waals surface area contributed by atoms with Crippen molar-refractivity contribution in [3.8, 4) is 11.5 Å². The Kier molecular flexibility index (Phi) is 4.93. The van der Waals surface area contributed by atoms with E-state index in [2.05, 4.69) is 5.32 Å². The minimum absolute atomic E-state index is 0.203. The summed E-state index contributed by atoms with van der Waals surface area (Å²) >= 11 is 0. The number of esters is 2. The third-order valence-electron chi connectivity index (χ3n) is 4.52. The topological polar surface area (TPSA) is 103 Å². The average molecular weight is 390 g/mol. The molecule has 1 amide bonds. The summed E-state index contributed by atoms with van der Waals surface area (Å²) in [5.41, 5.74) is 1.19. The number of nitrogens with one attached hydrogen (secondary N) is 1. The molecule has 1 aromatic carbocycles. The van der Waals surface area contributed by atoms with Crippen molar-refractivity contribution in [3.05, 3.63) is 29.0 Å². The van der Waals surface area contributed by atoms with Crippen LogP contribution in [0.4, 0.5) is 5.69 Å². The number of hydrogen-bond acceptors (Lipinski definition) is 8. The van der Waals surface area contributed by atoms with Crippen molar-refractivity contribution < 1.29 is 33.3 Å². The van der Waals surface area contributed by atoms with E-state index in [4.69, 9.17) is 18.9 Å². The van der Waals surface area contributed by atoms with Gasteiger partial charge in [0, 0.05) is 45.3 Å². The second-order valence-electron chi connectivity index (χ2n) is 6.87. The van der Waals surface area contributed by atoms with Gasteiger partial charge in [0.25, 0.3) is 11.7 Å². The summed E-state index contributed by atoms with van der Waals surface area (Å²) in [7, 11) is 4.65. The number of likely N-dealkylation sites (N-methyl/N-ethyl adjacent to an activating group) is 1. The molecule has 1 saturated heterocycles. The molecule has 0 spiro atoms. The molecule has 1 N–H and O–H groups in total. The molecular weight excluding hydrogens is 368 g/mol. The van der Waals surface area contributed by atoms with Gasteiger partial charge in [0.2, 0.25) is 0 Å². The zero-order chi connectivity index (χ0) is 20.6. The fourth-order valence-corrected chi connectivity index (χ4v) is 3.15. The highest BCUT2D eigenvalue weighted by Gasteiger charge is 2.39. The van der Waals surface area contributed by atoms with Crippen LogP contribution in [-0.2, 0) is 25.5 Å². The summed E-state index contributed by atoms with van der Waals surface area (Å²) < 4.78 is 21.0. The van der Waals surface area contributed by atoms with E-state index in [0.717, 1.165) is 5.56 Å². The van der Waals surface area contributed by atoms with Gasteiger partial charge in [-0.1, -0.05) is 0 Å². The average Bonchev–Trinajstić information content (AvgIpc) is 2.62. The summed E-state index contributed by atoms with van der Waals surface area (Å²) in [4.78, 5) is 38.5. The molecule has 0 bridgehead atoms. The van der Waals surface area contributed by atoms with Crippen molar-refractivity contribution in [2.24, 2.45) is 0 Å². The summed E-state index contributed by atoms with van der Waals surface area (Å²) in [5.74, 6) is -2.35. The van der Waals surface area contributed by atoms with Gasteiger partial charge in [0.05, 0.1) is 25.5 Å². The van der Waals surface area contributed by atoms with Crippen LogP contribution in [0.2, 0.25) is 0 Å². The van der Waals surface area contributed by atoms with E-state index in [1.807, 2.05) is 0 Å². The van der Waals surface area contributed by atoms with Crippen LogP contribution in [0.15, 0.2) is 17.8 Å². The summed E-state index contributed by atoms with van der Waals surface area (Å²) in [6.45, 7) is 3.49. The first-order chi connectivity index (χ1) is 13.2. The van der Waals surface area contributed by atoms with Gasteiger partial charge in [0.1, 0.15) is 5.75 Å². The number of cyclic esters (lactones) is 2. The van der Waals surface area contributed by atoms with E-state index >= 15 is 0 Å². The first-order valence-electron chi connectivity index (χ1n) is 8.65. The zero-order valence-electron chi connectivity index (χ0n) is 16.4. The number of hydrogen-bond donors (Lipinski definition) is 1. The Labute approximate surface area is 162 Å². The van der Waals surface area contributed by atoms with Crippen LogP contribution in [0, 0.1) is 0 Å². The number of rotatable bonds is 4. The van der Waals surface area contributed by atoms with Crippen molar-refractivity contribution in [1.29, 1.82) is 0 Å². The van der Waals surface area contributed by atoms with E-state index in [-0.39, 0.29) is 11.5 Å². The Hall–Kier alpha value is -3.23. The Bertz CT molecular complexity index is 867. The summed E-state index contributed by atoms with van der Waals surface area (Å²) in [6, 6.07) is 1.65.